The van der Waals surface area contributed by atoms with Gasteiger partial charge in [0.25, 0.3) is 0 Å². The van der Waals surface area contributed by atoms with Crippen LogP contribution in [0.2, 0.25) is 0 Å². The van der Waals surface area contributed by atoms with Crippen molar-refractivity contribution in [3.8, 4) is 6.07 Å². The molecule has 1 N–H and O–H groups in total. The number of nitrogens with one attached hydrogen (secondary N) is 1. The van der Waals surface area contributed by atoms with E-state index in [0.717, 1.165) is 0 Å². The van der Waals surface area contributed by atoms with Crippen molar-refractivity contribution in [3.63, 3.8) is 0 Å². The molecule has 1 unspecified atom stereocenters. The molecule has 1 aliphatic rings. The number of carbonyl (C=O) groups excluding carboxylic acids is 2. The molecule has 1 atom stereocenters. The SMILES string of the molecule is CC(C=O)(CC#N)OC(=O)N1CCNCC1. The lowest BCUT2D eigenvalue weighted by atomic mass is 10.1. The van der Waals surface area contributed by atoms with Gasteiger partial charge in [-0.05, 0) is 6.92 Å². The standard InChI is InChI=1S/C10H15N3O3/c1-10(8-14,2-3-11)16-9(15)13-6-4-12-5-7-13/h8,12H,2,4-7H2,1H3. The summed E-state index contributed by atoms with van der Waals surface area (Å²) in [6.07, 6.45) is -0.170. The van der Waals surface area contributed by atoms with Gasteiger partial charge in [-0.1, -0.05) is 0 Å². The Balaban J connectivity index is 2.54. The van der Waals surface area contributed by atoms with Crippen molar-refractivity contribution in [2.75, 3.05) is 26.2 Å². The Morgan fingerprint density at radius 2 is 2.25 bits per heavy atom. The predicted octanol–water partition coefficient (Wildman–Crippen LogP) is -0.101. The van der Waals surface area contributed by atoms with Crippen LogP contribution in [-0.2, 0) is 9.53 Å². The average Bonchev–Trinajstić information content (AvgIpc) is 2.30. The van der Waals surface area contributed by atoms with E-state index in [0.29, 0.717) is 32.5 Å². The van der Waals surface area contributed by atoms with Gasteiger partial charge in [0.05, 0.1) is 12.5 Å². The lowest BCUT2D eigenvalue weighted by Crippen LogP contribution is -2.49. The molecule has 6 nitrogen and oxygen atoms in total. The van der Waals surface area contributed by atoms with E-state index < -0.39 is 11.7 Å². The monoisotopic (exact) mass is 225 g/mol. The first-order valence-electron chi connectivity index (χ1n) is 5.13. The summed E-state index contributed by atoms with van der Waals surface area (Å²) >= 11 is 0. The number of amides is 1. The van der Waals surface area contributed by atoms with Crippen LogP contribution in [0.25, 0.3) is 0 Å². The molecule has 1 fully saturated rings. The summed E-state index contributed by atoms with van der Waals surface area (Å²) in [5, 5.41) is 11.6. The van der Waals surface area contributed by atoms with Crippen molar-refractivity contribution in [2.24, 2.45) is 0 Å². The summed E-state index contributed by atoms with van der Waals surface area (Å²) < 4.78 is 5.04. The molecule has 0 radical (unpaired) electrons. The van der Waals surface area contributed by atoms with Crippen LogP contribution >= 0.6 is 0 Å². The smallest absolute Gasteiger partial charge is 0.410 e. The number of hydrogen-bond acceptors (Lipinski definition) is 5. The minimum Gasteiger partial charge on any atom is -0.434 e. The zero-order valence-corrected chi connectivity index (χ0v) is 9.23. The van der Waals surface area contributed by atoms with Crippen LogP contribution in [0.5, 0.6) is 0 Å². The summed E-state index contributed by atoms with van der Waals surface area (Å²) in [6.45, 7) is 3.97. The van der Waals surface area contributed by atoms with E-state index in [1.54, 1.807) is 0 Å². The lowest BCUT2D eigenvalue weighted by Gasteiger charge is -2.30. The molecule has 16 heavy (non-hydrogen) atoms. The Hall–Kier alpha value is -1.61. The van der Waals surface area contributed by atoms with Crippen molar-refractivity contribution in [1.82, 2.24) is 10.2 Å². The quantitative estimate of drug-likeness (QED) is 0.678. The Labute approximate surface area is 94.2 Å². The second-order valence-electron chi connectivity index (χ2n) is 3.87. The van der Waals surface area contributed by atoms with Gasteiger partial charge in [-0.25, -0.2) is 4.79 Å². The molecule has 0 aromatic carbocycles. The number of hydrogen-bond donors (Lipinski definition) is 1. The topological polar surface area (TPSA) is 82.4 Å². The van der Waals surface area contributed by atoms with Gasteiger partial charge in [0.1, 0.15) is 0 Å². The molecular formula is C10H15N3O3. The third-order valence-electron chi connectivity index (χ3n) is 2.38. The lowest BCUT2D eigenvalue weighted by molar-refractivity contribution is -0.123. The van der Waals surface area contributed by atoms with Gasteiger partial charge in [0, 0.05) is 26.2 Å². The highest BCUT2D eigenvalue weighted by molar-refractivity contribution is 5.73. The third-order valence-corrected chi connectivity index (χ3v) is 2.38. The fraction of sp³-hybridized carbons (Fsp3) is 0.700. The Bertz CT molecular complexity index is 307. The first-order chi connectivity index (χ1) is 7.61. The van der Waals surface area contributed by atoms with E-state index in [1.807, 2.05) is 6.07 Å². The first-order valence-corrected chi connectivity index (χ1v) is 5.13. The number of ether oxygens (including phenoxy) is 1. The highest BCUT2D eigenvalue weighted by Gasteiger charge is 2.31. The van der Waals surface area contributed by atoms with E-state index in [-0.39, 0.29) is 6.42 Å². The van der Waals surface area contributed by atoms with E-state index in [9.17, 15) is 9.59 Å². The van der Waals surface area contributed by atoms with Gasteiger partial charge in [-0.3, -0.25) is 4.79 Å². The molecule has 0 spiro atoms. The molecule has 0 aromatic heterocycles. The van der Waals surface area contributed by atoms with E-state index in [4.69, 9.17) is 10.00 Å². The van der Waals surface area contributed by atoms with E-state index in [1.165, 1.54) is 11.8 Å². The Kier molecular flexibility index (Phi) is 4.26. The maximum absolute atomic E-state index is 11.7. The summed E-state index contributed by atoms with van der Waals surface area (Å²) in [4.78, 5) is 24.0. The highest BCUT2D eigenvalue weighted by Crippen LogP contribution is 2.14. The molecule has 0 bridgehead atoms. The van der Waals surface area contributed by atoms with Crippen molar-refractivity contribution in [3.05, 3.63) is 0 Å². The molecule has 1 heterocycles. The van der Waals surface area contributed by atoms with Crippen molar-refractivity contribution >= 4 is 12.4 Å². The van der Waals surface area contributed by atoms with E-state index >= 15 is 0 Å². The fourth-order valence-electron chi connectivity index (χ4n) is 1.37. The minimum absolute atomic E-state index is 0.131. The maximum Gasteiger partial charge on any atom is 0.410 e. The molecule has 1 amide bonds. The van der Waals surface area contributed by atoms with Crippen LogP contribution in [0.3, 0.4) is 0 Å². The van der Waals surface area contributed by atoms with Crippen LogP contribution in [-0.4, -0.2) is 49.1 Å². The second-order valence-corrected chi connectivity index (χ2v) is 3.87. The fourth-order valence-corrected chi connectivity index (χ4v) is 1.37. The van der Waals surface area contributed by atoms with Gasteiger partial charge in [-0.15, -0.1) is 0 Å². The third kappa shape index (κ3) is 3.21. The van der Waals surface area contributed by atoms with Crippen molar-refractivity contribution in [1.29, 1.82) is 5.26 Å². The molecule has 6 heteroatoms. The maximum atomic E-state index is 11.7. The summed E-state index contributed by atoms with van der Waals surface area (Å²) in [5.74, 6) is 0. The molecule has 1 rings (SSSR count). The first kappa shape index (κ1) is 12.5. The number of aldehydes is 1. The van der Waals surface area contributed by atoms with Gasteiger partial charge in [-0.2, -0.15) is 5.26 Å². The molecular weight excluding hydrogens is 210 g/mol. The number of carbonyl (C=O) groups is 2. The van der Waals surface area contributed by atoms with Crippen LogP contribution in [0.4, 0.5) is 4.79 Å². The Morgan fingerprint density at radius 3 is 2.75 bits per heavy atom. The minimum atomic E-state index is -1.34. The zero-order valence-electron chi connectivity index (χ0n) is 9.23. The molecule has 0 aliphatic carbocycles. The molecule has 1 aliphatic heterocycles. The Morgan fingerprint density at radius 1 is 1.62 bits per heavy atom. The predicted molar refractivity (Wildman–Crippen MR) is 55.6 cm³/mol. The molecule has 0 saturated carbocycles. The highest BCUT2D eigenvalue weighted by atomic mass is 16.6. The summed E-state index contributed by atoms with van der Waals surface area (Å²) in [5.41, 5.74) is -1.34. The van der Waals surface area contributed by atoms with Crippen LogP contribution in [0.15, 0.2) is 0 Å². The zero-order chi connectivity index (χ0) is 12.0. The van der Waals surface area contributed by atoms with Crippen LogP contribution < -0.4 is 5.32 Å². The van der Waals surface area contributed by atoms with Crippen molar-refractivity contribution < 1.29 is 14.3 Å². The normalized spacial score (nSPS) is 19.4. The average molecular weight is 225 g/mol. The van der Waals surface area contributed by atoms with Crippen LogP contribution in [0, 0.1) is 11.3 Å². The summed E-state index contributed by atoms with van der Waals surface area (Å²) in [6, 6.07) is 1.83. The number of piperazine rings is 1. The molecule has 88 valence electrons. The molecule has 0 aromatic rings. The molecule has 1 saturated heterocycles. The number of nitrogens with zero attached hydrogens (tertiary/aromatic N) is 2. The van der Waals surface area contributed by atoms with Gasteiger partial charge in [0.15, 0.2) is 11.9 Å². The number of nitriles is 1. The second kappa shape index (κ2) is 5.47. The van der Waals surface area contributed by atoms with Gasteiger partial charge >= 0.3 is 6.09 Å². The van der Waals surface area contributed by atoms with E-state index in [2.05, 4.69) is 5.32 Å². The largest absolute Gasteiger partial charge is 0.434 e. The summed E-state index contributed by atoms with van der Waals surface area (Å²) in [7, 11) is 0. The van der Waals surface area contributed by atoms with Gasteiger partial charge in [0.2, 0.25) is 0 Å². The number of rotatable bonds is 3. The van der Waals surface area contributed by atoms with Crippen molar-refractivity contribution in [2.45, 2.75) is 18.9 Å². The van der Waals surface area contributed by atoms with Crippen LogP contribution in [0.1, 0.15) is 13.3 Å². The van der Waals surface area contributed by atoms with Gasteiger partial charge < -0.3 is 15.0 Å².